The summed E-state index contributed by atoms with van der Waals surface area (Å²) in [5, 5.41) is 4.35. The second-order valence-corrected chi connectivity index (χ2v) is 4.96. The molecule has 0 bridgehead atoms. The number of halogens is 2. The third kappa shape index (κ3) is 2.89. The van der Waals surface area contributed by atoms with E-state index in [0.717, 1.165) is 17.1 Å². The highest BCUT2D eigenvalue weighted by Gasteiger charge is 2.05. The van der Waals surface area contributed by atoms with Crippen molar-refractivity contribution >= 4 is 40.3 Å². The zero-order valence-corrected chi connectivity index (χ0v) is 11.8. The molecule has 18 heavy (non-hydrogen) atoms. The van der Waals surface area contributed by atoms with Crippen LogP contribution in [0, 0.1) is 0 Å². The van der Waals surface area contributed by atoms with E-state index in [0.29, 0.717) is 10.0 Å². The molecule has 2 rings (SSSR count). The van der Waals surface area contributed by atoms with Crippen LogP contribution in [-0.4, -0.2) is 14.1 Å². The van der Waals surface area contributed by atoms with Crippen LogP contribution in [-0.2, 0) is 0 Å². The SMILES string of the molecule is CN(C)c1cccc(Nc2cccc(Cl)c2Cl)c1. The average Bonchev–Trinajstić information content (AvgIpc) is 2.35. The van der Waals surface area contributed by atoms with E-state index in [-0.39, 0.29) is 0 Å². The van der Waals surface area contributed by atoms with Crippen molar-refractivity contribution in [2.24, 2.45) is 0 Å². The molecule has 0 fully saturated rings. The summed E-state index contributed by atoms with van der Waals surface area (Å²) in [7, 11) is 4.01. The highest BCUT2D eigenvalue weighted by atomic mass is 35.5. The summed E-state index contributed by atoms with van der Waals surface area (Å²) in [5.41, 5.74) is 2.91. The summed E-state index contributed by atoms with van der Waals surface area (Å²) in [5.74, 6) is 0. The van der Waals surface area contributed by atoms with Gasteiger partial charge < -0.3 is 10.2 Å². The molecule has 94 valence electrons. The summed E-state index contributed by atoms with van der Waals surface area (Å²) in [6.45, 7) is 0. The average molecular weight is 281 g/mol. The Kier molecular flexibility index (Phi) is 4.00. The molecule has 0 spiro atoms. The summed E-state index contributed by atoms with van der Waals surface area (Å²) in [4.78, 5) is 2.05. The van der Waals surface area contributed by atoms with Gasteiger partial charge in [-0.2, -0.15) is 0 Å². The molecule has 0 atom stereocenters. The molecule has 0 saturated carbocycles. The van der Waals surface area contributed by atoms with Crippen LogP contribution in [0.2, 0.25) is 10.0 Å². The lowest BCUT2D eigenvalue weighted by Crippen LogP contribution is -2.08. The maximum atomic E-state index is 6.14. The molecule has 2 aromatic carbocycles. The molecule has 0 aliphatic rings. The Hall–Kier alpha value is -1.38. The molecular weight excluding hydrogens is 267 g/mol. The molecule has 2 nitrogen and oxygen atoms in total. The Balaban J connectivity index is 2.28. The van der Waals surface area contributed by atoms with Crippen LogP contribution in [0.15, 0.2) is 42.5 Å². The third-order valence-electron chi connectivity index (χ3n) is 2.59. The molecule has 0 aliphatic carbocycles. The molecule has 0 aromatic heterocycles. The first-order chi connectivity index (χ1) is 8.58. The normalized spacial score (nSPS) is 10.2. The van der Waals surface area contributed by atoms with Gasteiger partial charge in [0.05, 0.1) is 15.7 Å². The Bertz CT molecular complexity index is 553. The minimum atomic E-state index is 0.537. The van der Waals surface area contributed by atoms with E-state index in [4.69, 9.17) is 23.2 Å². The van der Waals surface area contributed by atoms with Crippen LogP contribution >= 0.6 is 23.2 Å². The van der Waals surface area contributed by atoms with Gasteiger partial charge in [-0.1, -0.05) is 35.3 Å². The maximum Gasteiger partial charge on any atom is 0.0827 e. The number of hydrogen-bond acceptors (Lipinski definition) is 2. The van der Waals surface area contributed by atoms with Gasteiger partial charge in [0.2, 0.25) is 0 Å². The lowest BCUT2D eigenvalue weighted by molar-refractivity contribution is 1.13. The van der Waals surface area contributed by atoms with Crippen molar-refractivity contribution in [3.63, 3.8) is 0 Å². The maximum absolute atomic E-state index is 6.14. The third-order valence-corrected chi connectivity index (χ3v) is 3.41. The second-order valence-electron chi connectivity index (χ2n) is 4.17. The van der Waals surface area contributed by atoms with Crippen LogP contribution in [0.3, 0.4) is 0 Å². The fraction of sp³-hybridized carbons (Fsp3) is 0.143. The Morgan fingerprint density at radius 2 is 1.72 bits per heavy atom. The van der Waals surface area contributed by atoms with Crippen molar-refractivity contribution in [1.29, 1.82) is 0 Å². The monoisotopic (exact) mass is 280 g/mol. The van der Waals surface area contributed by atoms with E-state index in [1.807, 2.05) is 49.3 Å². The van der Waals surface area contributed by atoms with Gasteiger partial charge in [-0.15, -0.1) is 0 Å². The molecule has 0 amide bonds. The lowest BCUT2D eigenvalue weighted by atomic mass is 10.2. The van der Waals surface area contributed by atoms with E-state index in [1.54, 1.807) is 6.07 Å². The molecule has 1 N–H and O–H groups in total. The number of anilines is 3. The van der Waals surface area contributed by atoms with Crippen LogP contribution in [0.25, 0.3) is 0 Å². The van der Waals surface area contributed by atoms with Gasteiger partial charge in [-0.3, -0.25) is 0 Å². The summed E-state index contributed by atoms with van der Waals surface area (Å²) >= 11 is 12.1. The standard InChI is InChI=1S/C14H14Cl2N2/c1-18(2)11-6-3-5-10(9-11)17-13-8-4-7-12(15)14(13)16/h3-9,17H,1-2H3. The molecule has 0 radical (unpaired) electrons. The van der Waals surface area contributed by atoms with Gasteiger partial charge in [0.1, 0.15) is 0 Å². The zero-order valence-electron chi connectivity index (χ0n) is 10.2. The minimum Gasteiger partial charge on any atom is -0.378 e. The zero-order chi connectivity index (χ0) is 13.1. The van der Waals surface area contributed by atoms with E-state index in [2.05, 4.69) is 11.4 Å². The van der Waals surface area contributed by atoms with Gasteiger partial charge in [-0.25, -0.2) is 0 Å². The van der Waals surface area contributed by atoms with Crippen molar-refractivity contribution in [1.82, 2.24) is 0 Å². The fourth-order valence-corrected chi connectivity index (χ4v) is 1.97. The van der Waals surface area contributed by atoms with Crippen molar-refractivity contribution in [3.8, 4) is 0 Å². The summed E-state index contributed by atoms with van der Waals surface area (Å²) < 4.78 is 0. The molecule has 2 aromatic rings. The molecule has 4 heteroatoms. The number of rotatable bonds is 3. The van der Waals surface area contributed by atoms with E-state index >= 15 is 0 Å². The fourth-order valence-electron chi connectivity index (χ4n) is 1.62. The predicted molar refractivity (Wildman–Crippen MR) is 80.5 cm³/mol. The number of nitrogens with one attached hydrogen (secondary N) is 1. The van der Waals surface area contributed by atoms with E-state index < -0.39 is 0 Å². The quantitative estimate of drug-likeness (QED) is 0.869. The van der Waals surface area contributed by atoms with Gasteiger partial charge in [0, 0.05) is 25.5 Å². The highest BCUT2D eigenvalue weighted by molar-refractivity contribution is 6.43. The van der Waals surface area contributed by atoms with Crippen molar-refractivity contribution in [2.75, 3.05) is 24.3 Å². The van der Waals surface area contributed by atoms with Gasteiger partial charge >= 0.3 is 0 Å². The molecule has 0 unspecified atom stereocenters. The summed E-state index contributed by atoms with van der Waals surface area (Å²) in [6.07, 6.45) is 0. The van der Waals surface area contributed by atoms with E-state index in [9.17, 15) is 0 Å². The Labute approximate surface area is 117 Å². The van der Waals surface area contributed by atoms with Crippen molar-refractivity contribution in [3.05, 3.63) is 52.5 Å². The molecule has 0 heterocycles. The highest BCUT2D eigenvalue weighted by Crippen LogP contribution is 2.32. The first-order valence-electron chi connectivity index (χ1n) is 5.56. The van der Waals surface area contributed by atoms with E-state index in [1.165, 1.54) is 0 Å². The largest absolute Gasteiger partial charge is 0.378 e. The number of nitrogens with zero attached hydrogens (tertiary/aromatic N) is 1. The Morgan fingerprint density at radius 3 is 2.44 bits per heavy atom. The van der Waals surface area contributed by atoms with Gasteiger partial charge in [0.15, 0.2) is 0 Å². The topological polar surface area (TPSA) is 15.3 Å². The van der Waals surface area contributed by atoms with Crippen molar-refractivity contribution in [2.45, 2.75) is 0 Å². The Morgan fingerprint density at radius 1 is 1.00 bits per heavy atom. The van der Waals surface area contributed by atoms with Gasteiger partial charge in [0.25, 0.3) is 0 Å². The van der Waals surface area contributed by atoms with Crippen LogP contribution in [0.1, 0.15) is 0 Å². The van der Waals surface area contributed by atoms with Crippen LogP contribution in [0.4, 0.5) is 17.1 Å². The molecule has 0 saturated heterocycles. The predicted octanol–water partition coefficient (Wildman–Crippen LogP) is 4.80. The first kappa shape index (κ1) is 13.1. The summed E-state index contributed by atoms with van der Waals surface area (Å²) in [6, 6.07) is 13.6. The number of hydrogen-bond donors (Lipinski definition) is 1. The second kappa shape index (κ2) is 5.51. The number of benzene rings is 2. The lowest BCUT2D eigenvalue weighted by Gasteiger charge is -2.15. The first-order valence-corrected chi connectivity index (χ1v) is 6.32. The minimum absolute atomic E-state index is 0.537. The van der Waals surface area contributed by atoms with Crippen LogP contribution in [0.5, 0.6) is 0 Å². The molecular formula is C14H14Cl2N2. The van der Waals surface area contributed by atoms with Gasteiger partial charge in [-0.05, 0) is 30.3 Å². The molecule has 0 aliphatic heterocycles. The van der Waals surface area contributed by atoms with Crippen molar-refractivity contribution < 1.29 is 0 Å². The smallest absolute Gasteiger partial charge is 0.0827 e. The van der Waals surface area contributed by atoms with Crippen LogP contribution < -0.4 is 10.2 Å².